The number of pyridine rings is 1. The molecule has 2 unspecified atom stereocenters. The van der Waals surface area contributed by atoms with E-state index in [4.69, 9.17) is 15.3 Å². The highest BCUT2D eigenvalue weighted by Crippen LogP contribution is 2.46. The van der Waals surface area contributed by atoms with Gasteiger partial charge in [-0.3, -0.25) is 0 Å². The Kier molecular flexibility index (Phi) is 4.03. The molecule has 0 fully saturated rings. The van der Waals surface area contributed by atoms with Gasteiger partial charge in [0, 0.05) is 29.7 Å². The maximum atomic E-state index is 8.36. The lowest BCUT2D eigenvalue weighted by atomic mass is 9.84. The summed E-state index contributed by atoms with van der Waals surface area (Å²) in [5.74, 6) is 0.655. The summed E-state index contributed by atoms with van der Waals surface area (Å²) < 4.78 is 2.52. The highest BCUT2D eigenvalue weighted by atomic mass is 16.9. The Morgan fingerprint density at radius 2 is 1.92 bits per heavy atom. The number of nitrogens with zero attached hydrogens (tertiary/aromatic N) is 2. The second-order valence-corrected chi connectivity index (χ2v) is 6.99. The van der Waals surface area contributed by atoms with Crippen LogP contribution in [0, 0.1) is 10.1 Å². The van der Waals surface area contributed by atoms with Crippen LogP contribution in [0.25, 0.3) is 0 Å². The molecule has 2 aromatic rings. The van der Waals surface area contributed by atoms with Gasteiger partial charge in [-0.25, -0.2) is 4.57 Å². The molecule has 2 atom stereocenters. The van der Waals surface area contributed by atoms with E-state index in [1.54, 1.807) is 11.1 Å². The molecule has 3 heterocycles. The highest BCUT2D eigenvalue weighted by Gasteiger charge is 2.42. The highest BCUT2D eigenvalue weighted by molar-refractivity contribution is 5.60. The first kappa shape index (κ1) is 15.9. The summed E-state index contributed by atoms with van der Waals surface area (Å²) in [7, 11) is 0. The van der Waals surface area contributed by atoms with E-state index in [1.165, 1.54) is 55.6 Å². The van der Waals surface area contributed by atoms with Crippen molar-refractivity contribution in [3.05, 3.63) is 69.0 Å². The van der Waals surface area contributed by atoms with Crippen LogP contribution in [0.3, 0.4) is 0 Å². The maximum Gasteiger partial charge on any atom is 0.291 e. The predicted molar refractivity (Wildman–Crippen MR) is 92.2 cm³/mol. The van der Waals surface area contributed by atoms with Gasteiger partial charge in [0.1, 0.15) is 12.6 Å². The molecule has 0 saturated carbocycles. The summed E-state index contributed by atoms with van der Waals surface area (Å²) in [5.41, 5.74) is 7.57. The zero-order chi connectivity index (χ0) is 17.4. The Labute approximate surface area is 146 Å². The number of hydrogen-bond acceptors (Lipinski definition) is 3. The van der Waals surface area contributed by atoms with E-state index in [9.17, 15) is 0 Å². The third kappa shape index (κ3) is 2.92. The van der Waals surface area contributed by atoms with E-state index < -0.39 is 5.09 Å². The number of aromatic nitrogens is 1. The molecule has 2 N–H and O–H groups in total. The van der Waals surface area contributed by atoms with Gasteiger partial charge in [-0.05, 0) is 42.9 Å². The lowest BCUT2D eigenvalue weighted by Gasteiger charge is -2.26. The zero-order valence-corrected chi connectivity index (χ0v) is 14.0. The molecule has 1 aromatic carbocycles. The maximum absolute atomic E-state index is 8.36. The Morgan fingerprint density at radius 3 is 2.72 bits per heavy atom. The summed E-state index contributed by atoms with van der Waals surface area (Å²) in [6.07, 6.45) is 8.97. The quantitative estimate of drug-likeness (QED) is 0.439. The number of rotatable bonds is 0. The average Bonchev–Trinajstić information content (AvgIpc) is 2.99. The Balaban J connectivity index is 0.000000358. The van der Waals surface area contributed by atoms with Crippen LogP contribution in [-0.2, 0) is 19.4 Å². The van der Waals surface area contributed by atoms with Crippen LogP contribution in [0.2, 0.25) is 0 Å². The van der Waals surface area contributed by atoms with Crippen molar-refractivity contribution < 1.29 is 14.9 Å². The van der Waals surface area contributed by atoms with Crippen LogP contribution < -0.4 is 9.88 Å². The van der Waals surface area contributed by atoms with Crippen LogP contribution in [0.4, 0.5) is 5.69 Å². The molecule has 1 aromatic heterocycles. The lowest BCUT2D eigenvalue weighted by Crippen LogP contribution is -2.46. The van der Waals surface area contributed by atoms with Gasteiger partial charge in [0.2, 0.25) is 5.69 Å². The molecule has 0 amide bonds. The molecule has 3 aliphatic rings. The fraction of sp³-hybridized carbons (Fsp3) is 0.421. The molecule has 25 heavy (non-hydrogen) atoms. The minimum absolute atomic E-state index is 0.475. The molecular weight excluding hydrogens is 318 g/mol. The fourth-order valence-corrected chi connectivity index (χ4v) is 4.53. The summed E-state index contributed by atoms with van der Waals surface area (Å²) >= 11 is 0. The molecule has 2 aliphatic heterocycles. The monoisotopic (exact) mass is 340 g/mol. The first-order valence-corrected chi connectivity index (χ1v) is 8.87. The number of anilines is 1. The van der Waals surface area contributed by atoms with Crippen molar-refractivity contribution >= 4 is 5.69 Å². The smallest absolute Gasteiger partial charge is 0.291 e. The van der Waals surface area contributed by atoms with Crippen molar-refractivity contribution in [2.24, 2.45) is 0 Å². The average molecular weight is 340 g/mol. The number of para-hydroxylation sites is 1. The van der Waals surface area contributed by atoms with Crippen molar-refractivity contribution in [3.63, 3.8) is 0 Å². The SMILES string of the molecule is O=[N+]([O-])O.c1ccc2c(c1)NC1c3cc4c(c[n+]3CCC21)CCCC4. The van der Waals surface area contributed by atoms with Gasteiger partial charge in [-0.2, -0.15) is 0 Å². The van der Waals surface area contributed by atoms with Gasteiger partial charge in [0.25, 0.3) is 5.09 Å². The normalized spacial score (nSPS) is 22.2. The van der Waals surface area contributed by atoms with Gasteiger partial charge < -0.3 is 10.5 Å². The van der Waals surface area contributed by atoms with E-state index in [-0.39, 0.29) is 0 Å². The number of benzene rings is 1. The van der Waals surface area contributed by atoms with E-state index in [0.717, 1.165) is 0 Å². The number of nitrogens with one attached hydrogen (secondary N) is 1. The van der Waals surface area contributed by atoms with Gasteiger partial charge in [-0.15, -0.1) is 10.1 Å². The van der Waals surface area contributed by atoms with Crippen molar-refractivity contribution in [3.8, 4) is 0 Å². The second kappa shape index (κ2) is 6.35. The molecule has 0 bridgehead atoms. The number of fused-ring (bicyclic) bond motifs is 6. The molecule has 6 heteroatoms. The van der Waals surface area contributed by atoms with Crippen LogP contribution in [0.5, 0.6) is 0 Å². The standard InChI is InChI=1S/C19H21N2.HNO3/c1-2-6-14-12-21-10-9-16-15-7-3-4-8-17(15)20-19(16)18(21)11-13(14)5-1;2-1(3)4/h3-4,7-8,11-12,16,19-20H,1-2,5-6,9-10H2;(H,2,3,4)/q+1;. The minimum atomic E-state index is -1.50. The van der Waals surface area contributed by atoms with Crippen molar-refractivity contribution in [2.75, 3.05) is 5.32 Å². The van der Waals surface area contributed by atoms with Gasteiger partial charge in [0.15, 0.2) is 6.20 Å². The topological polar surface area (TPSA) is 79.3 Å². The number of hydrogen-bond donors (Lipinski definition) is 2. The Bertz CT molecular complexity index is 818. The van der Waals surface area contributed by atoms with Gasteiger partial charge >= 0.3 is 0 Å². The molecule has 0 radical (unpaired) electrons. The molecule has 0 spiro atoms. The van der Waals surface area contributed by atoms with E-state index in [1.807, 2.05) is 0 Å². The first-order valence-electron chi connectivity index (χ1n) is 8.87. The van der Waals surface area contributed by atoms with E-state index in [2.05, 4.69) is 46.4 Å². The summed E-state index contributed by atoms with van der Waals surface area (Å²) in [6, 6.07) is 11.8. The van der Waals surface area contributed by atoms with E-state index >= 15 is 0 Å². The van der Waals surface area contributed by atoms with Crippen LogP contribution in [0.1, 0.15) is 53.6 Å². The Hall–Kier alpha value is -2.63. The van der Waals surface area contributed by atoms with Crippen LogP contribution >= 0.6 is 0 Å². The molecule has 0 saturated heterocycles. The zero-order valence-electron chi connectivity index (χ0n) is 14.0. The lowest BCUT2D eigenvalue weighted by molar-refractivity contribution is -0.742. The van der Waals surface area contributed by atoms with Crippen molar-refractivity contribution in [1.29, 1.82) is 0 Å². The summed E-state index contributed by atoms with van der Waals surface area (Å²) in [6.45, 7) is 1.17. The molecular formula is C19H22N3O3+. The minimum Gasteiger partial charge on any atom is -0.372 e. The largest absolute Gasteiger partial charge is 0.372 e. The summed E-state index contributed by atoms with van der Waals surface area (Å²) in [5, 5.41) is 17.4. The van der Waals surface area contributed by atoms with Gasteiger partial charge in [-0.1, -0.05) is 18.2 Å². The third-order valence-corrected chi connectivity index (χ3v) is 5.59. The van der Waals surface area contributed by atoms with E-state index in [0.29, 0.717) is 12.0 Å². The summed E-state index contributed by atoms with van der Waals surface area (Å²) in [4.78, 5) is 8.36. The van der Waals surface area contributed by atoms with Crippen molar-refractivity contribution in [1.82, 2.24) is 0 Å². The Morgan fingerprint density at radius 1 is 1.20 bits per heavy atom. The fourth-order valence-electron chi connectivity index (χ4n) is 4.53. The van der Waals surface area contributed by atoms with Crippen LogP contribution in [0.15, 0.2) is 36.5 Å². The molecule has 1 aliphatic carbocycles. The second-order valence-electron chi connectivity index (χ2n) is 6.99. The van der Waals surface area contributed by atoms with Crippen LogP contribution in [-0.4, -0.2) is 10.3 Å². The molecule has 130 valence electrons. The molecule has 6 nitrogen and oxygen atoms in total. The number of aryl methyl sites for hydroxylation is 3. The van der Waals surface area contributed by atoms with Crippen molar-refractivity contribution in [2.45, 2.75) is 50.6 Å². The first-order chi connectivity index (χ1) is 12.1. The van der Waals surface area contributed by atoms with Gasteiger partial charge in [0.05, 0.1) is 0 Å². The third-order valence-electron chi connectivity index (χ3n) is 5.59. The molecule has 5 rings (SSSR count). The predicted octanol–water partition coefficient (Wildman–Crippen LogP) is 3.16.